The number of hydrogen-bond acceptors (Lipinski definition) is 2. The van der Waals surface area contributed by atoms with Crippen molar-refractivity contribution in [3.63, 3.8) is 0 Å². The van der Waals surface area contributed by atoms with Crippen molar-refractivity contribution in [1.29, 1.82) is 0 Å². The third-order valence-electron chi connectivity index (χ3n) is 2.52. The molecule has 0 aliphatic heterocycles. The van der Waals surface area contributed by atoms with Crippen molar-refractivity contribution in [1.82, 2.24) is 15.0 Å². The quantitative estimate of drug-likeness (QED) is 0.617. The maximum atomic E-state index is 4.45. The van der Waals surface area contributed by atoms with E-state index >= 15 is 0 Å². The van der Waals surface area contributed by atoms with Gasteiger partial charge in [-0.2, -0.15) is 4.80 Å². The molecule has 3 heteroatoms. The molecule has 0 N–H and O–H groups in total. The molecule has 0 spiro atoms. The fourth-order valence-electron chi connectivity index (χ4n) is 1.70. The lowest BCUT2D eigenvalue weighted by atomic mass is 10.2. The normalized spacial score (nSPS) is 10.8. The van der Waals surface area contributed by atoms with Crippen molar-refractivity contribution < 1.29 is 0 Å². The van der Waals surface area contributed by atoms with E-state index in [-0.39, 0.29) is 0 Å². The predicted octanol–water partition coefficient (Wildman–Crippen LogP) is 2.73. The van der Waals surface area contributed by atoms with Gasteiger partial charge in [-0.1, -0.05) is 24.3 Å². The first-order chi connectivity index (χ1) is 7.83. The molecule has 3 aromatic rings. The van der Waals surface area contributed by atoms with Crippen LogP contribution >= 0.6 is 0 Å². The SMILES string of the molecule is Cc1ccc2nn(-c3ccccc3)nc2c1. The van der Waals surface area contributed by atoms with E-state index in [4.69, 9.17) is 0 Å². The molecular formula is C13H11N3. The maximum absolute atomic E-state index is 4.45. The number of fused-ring (bicyclic) bond motifs is 1. The number of benzene rings is 2. The van der Waals surface area contributed by atoms with E-state index in [0.29, 0.717) is 0 Å². The Morgan fingerprint density at radius 2 is 1.62 bits per heavy atom. The Labute approximate surface area is 93.3 Å². The fraction of sp³-hybridized carbons (Fsp3) is 0.0769. The Hall–Kier alpha value is -2.16. The molecule has 0 amide bonds. The molecule has 0 atom stereocenters. The molecule has 3 nitrogen and oxygen atoms in total. The molecule has 0 saturated heterocycles. The summed E-state index contributed by atoms with van der Waals surface area (Å²) in [6, 6.07) is 16.0. The van der Waals surface area contributed by atoms with Crippen LogP contribution in [0.3, 0.4) is 0 Å². The van der Waals surface area contributed by atoms with Gasteiger partial charge in [0.25, 0.3) is 0 Å². The topological polar surface area (TPSA) is 30.7 Å². The largest absolute Gasteiger partial charge is 0.150 e. The first kappa shape index (κ1) is 9.09. The highest BCUT2D eigenvalue weighted by molar-refractivity contribution is 5.74. The third-order valence-corrected chi connectivity index (χ3v) is 2.52. The highest BCUT2D eigenvalue weighted by Crippen LogP contribution is 2.13. The molecule has 2 aromatic carbocycles. The second-order valence-corrected chi connectivity index (χ2v) is 3.82. The van der Waals surface area contributed by atoms with Crippen molar-refractivity contribution in [2.24, 2.45) is 0 Å². The van der Waals surface area contributed by atoms with E-state index in [0.717, 1.165) is 16.7 Å². The van der Waals surface area contributed by atoms with E-state index in [2.05, 4.69) is 17.1 Å². The Morgan fingerprint density at radius 1 is 0.875 bits per heavy atom. The molecule has 0 unspecified atom stereocenters. The summed E-state index contributed by atoms with van der Waals surface area (Å²) in [7, 11) is 0. The van der Waals surface area contributed by atoms with Gasteiger partial charge in [0.15, 0.2) is 0 Å². The van der Waals surface area contributed by atoms with Crippen LogP contribution in [0.2, 0.25) is 0 Å². The zero-order valence-electron chi connectivity index (χ0n) is 8.96. The lowest BCUT2D eigenvalue weighted by Crippen LogP contribution is -1.97. The van der Waals surface area contributed by atoms with E-state index in [9.17, 15) is 0 Å². The summed E-state index contributed by atoms with van der Waals surface area (Å²) in [6.45, 7) is 2.06. The maximum Gasteiger partial charge on any atom is 0.113 e. The van der Waals surface area contributed by atoms with Crippen LogP contribution in [0.4, 0.5) is 0 Å². The Morgan fingerprint density at radius 3 is 2.44 bits per heavy atom. The summed E-state index contributed by atoms with van der Waals surface area (Å²) >= 11 is 0. The van der Waals surface area contributed by atoms with Crippen LogP contribution in [0.15, 0.2) is 48.5 Å². The standard InChI is InChI=1S/C13H11N3/c1-10-7-8-12-13(9-10)15-16(14-12)11-5-3-2-4-6-11/h2-9H,1H3. The number of rotatable bonds is 1. The molecule has 3 rings (SSSR count). The lowest BCUT2D eigenvalue weighted by Gasteiger charge is -1.96. The highest BCUT2D eigenvalue weighted by Gasteiger charge is 2.03. The zero-order valence-corrected chi connectivity index (χ0v) is 8.96. The van der Waals surface area contributed by atoms with E-state index in [1.165, 1.54) is 5.56 Å². The molecule has 1 aromatic heterocycles. The second kappa shape index (κ2) is 3.45. The summed E-state index contributed by atoms with van der Waals surface area (Å²) < 4.78 is 0. The van der Waals surface area contributed by atoms with Gasteiger partial charge in [-0.25, -0.2) is 0 Å². The summed E-state index contributed by atoms with van der Waals surface area (Å²) in [5.74, 6) is 0. The highest BCUT2D eigenvalue weighted by atomic mass is 15.5. The van der Waals surface area contributed by atoms with E-state index in [1.807, 2.05) is 48.5 Å². The summed E-state index contributed by atoms with van der Waals surface area (Å²) in [5.41, 5.74) is 4.04. The first-order valence-electron chi connectivity index (χ1n) is 5.22. The van der Waals surface area contributed by atoms with Gasteiger partial charge in [-0.3, -0.25) is 0 Å². The number of nitrogens with zero attached hydrogens (tertiary/aromatic N) is 3. The van der Waals surface area contributed by atoms with Crippen molar-refractivity contribution >= 4 is 11.0 Å². The number of para-hydroxylation sites is 1. The minimum atomic E-state index is 0.925. The van der Waals surface area contributed by atoms with Crippen LogP contribution in [-0.4, -0.2) is 15.0 Å². The van der Waals surface area contributed by atoms with E-state index in [1.54, 1.807) is 4.80 Å². The molecule has 0 saturated carbocycles. The summed E-state index contributed by atoms with van der Waals surface area (Å²) in [4.78, 5) is 1.67. The van der Waals surface area contributed by atoms with Gasteiger partial charge in [0.2, 0.25) is 0 Å². The van der Waals surface area contributed by atoms with Crippen molar-refractivity contribution in [2.45, 2.75) is 6.92 Å². The van der Waals surface area contributed by atoms with Gasteiger partial charge in [-0.15, -0.1) is 10.2 Å². The average molecular weight is 209 g/mol. The first-order valence-corrected chi connectivity index (χ1v) is 5.22. The zero-order chi connectivity index (χ0) is 11.0. The van der Waals surface area contributed by atoms with Crippen LogP contribution in [0.5, 0.6) is 0 Å². The van der Waals surface area contributed by atoms with Crippen LogP contribution in [0.1, 0.15) is 5.56 Å². The third kappa shape index (κ3) is 1.46. The van der Waals surface area contributed by atoms with Crippen LogP contribution in [0.25, 0.3) is 16.7 Å². The van der Waals surface area contributed by atoms with Gasteiger partial charge >= 0.3 is 0 Å². The lowest BCUT2D eigenvalue weighted by molar-refractivity contribution is 0.766. The van der Waals surface area contributed by atoms with Crippen LogP contribution < -0.4 is 0 Å². The predicted molar refractivity (Wildman–Crippen MR) is 63.6 cm³/mol. The fourth-order valence-corrected chi connectivity index (χ4v) is 1.70. The minimum Gasteiger partial charge on any atom is -0.150 e. The van der Waals surface area contributed by atoms with Crippen molar-refractivity contribution in [3.8, 4) is 5.69 Å². The van der Waals surface area contributed by atoms with Gasteiger partial charge < -0.3 is 0 Å². The van der Waals surface area contributed by atoms with Crippen LogP contribution in [-0.2, 0) is 0 Å². The molecule has 1 heterocycles. The Kier molecular flexibility index (Phi) is 1.96. The van der Waals surface area contributed by atoms with Gasteiger partial charge in [0.1, 0.15) is 11.0 Å². The Bertz CT molecular complexity index is 626. The van der Waals surface area contributed by atoms with Crippen molar-refractivity contribution in [3.05, 3.63) is 54.1 Å². The van der Waals surface area contributed by atoms with Gasteiger partial charge in [0.05, 0.1) is 5.69 Å². The van der Waals surface area contributed by atoms with Gasteiger partial charge in [0, 0.05) is 0 Å². The molecule has 16 heavy (non-hydrogen) atoms. The molecular weight excluding hydrogens is 198 g/mol. The summed E-state index contributed by atoms with van der Waals surface area (Å²) in [6.07, 6.45) is 0. The Balaban J connectivity index is 2.19. The molecule has 0 fully saturated rings. The number of aromatic nitrogens is 3. The number of aryl methyl sites for hydroxylation is 1. The molecule has 78 valence electrons. The molecule has 0 bridgehead atoms. The number of hydrogen-bond donors (Lipinski definition) is 0. The van der Waals surface area contributed by atoms with Gasteiger partial charge in [-0.05, 0) is 36.8 Å². The molecule has 0 aliphatic carbocycles. The molecule has 0 radical (unpaired) electrons. The molecule has 0 aliphatic rings. The smallest absolute Gasteiger partial charge is 0.113 e. The van der Waals surface area contributed by atoms with E-state index < -0.39 is 0 Å². The van der Waals surface area contributed by atoms with Crippen LogP contribution in [0, 0.1) is 6.92 Å². The minimum absolute atomic E-state index is 0.925. The average Bonchev–Trinajstić information content (AvgIpc) is 2.73. The second-order valence-electron chi connectivity index (χ2n) is 3.82. The monoisotopic (exact) mass is 209 g/mol. The van der Waals surface area contributed by atoms with Crippen molar-refractivity contribution in [2.75, 3.05) is 0 Å². The summed E-state index contributed by atoms with van der Waals surface area (Å²) in [5, 5.41) is 8.88.